The summed E-state index contributed by atoms with van der Waals surface area (Å²) in [5, 5.41) is 24.1. The molecular formula is C19H16N6O4S2. The van der Waals surface area contributed by atoms with Crippen LogP contribution in [0.5, 0.6) is 5.75 Å². The number of aliphatic hydroxyl groups is 1. The van der Waals surface area contributed by atoms with Crippen molar-refractivity contribution in [3.8, 4) is 5.75 Å². The fraction of sp³-hybridized carbons (Fsp3) is 0.105. The van der Waals surface area contributed by atoms with Crippen LogP contribution in [0.25, 0.3) is 0 Å². The fourth-order valence-electron chi connectivity index (χ4n) is 2.42. The molecule has 12 heteroatoms. The number of H-pyrrole nitrogens is 1. The number of hydrogen-bond acceptors (Lipinski definition) is 10. The van der Waals surface area contributed by atoms with Crippen LogP contribution in [-0.2, 0) is 0 Å². The Bertz CT molecular complexity index is 1120. The monoisotopic (exact) mass is 456 g/mol. The van der Waals surface area contributed by atoms with Crippen molar-refractivity contribution in [3.63, 3.8) is 0 Å². The van der Waals surface area contributed by atoms with E-state index < -0.39 is 5.91 Å². The topological polar surface area (TPSA) is 139 Å². The van der Waals surface area contributed by atoms with Crippen LogP contribution in [0.4, 0.5) is 5.82 Å². The highest BCUT2D eigenvalue weighted by atomic mass is 32.2. The van der Waals surface area contributed by atoms with Gasteiger partial charge in [0.25, 0.3) is 5.91 Å². The van der Waals surface area contributed by atoms with Crippen molar-refractivity contribution in [2.24, 2.45) is 0 Å². The van der Waals surface area contributed by atoms with Gasteiger partial charge < -0.3 is 24.7 Å². The first-order chi connectivity index (χ1) is 15.2. The van der Waals surface area contributed by atoms with Gasteiger partial charge in [-0.15, -0.1) is 10.2 Å². The van der Waals surface area contributed by atoms with Crippen molar-refractivity contribution in [2.45, 2.75) is 20.0 Å². The van der Waals surface area contributed by atoms with Crippen molar-refractivity contribution in [3.05, 3.63) is 60.7 Å². The summed E-state index contributed by atoms with van der Waals surface area (Å²) in [5.41, 5.74) is 0.234. The summed E-state index contributed by atoms with van der Waals surface area (Å²) < 4.78 is 10.1. The molecule has 3 aromatic heterocycles. The highest BCUT2D eigenvalue weighted by molar-refractivity contribution is 7.99. The highest BCUT2D eigenvalue weighted by Crippen LogP contribution is 2.33. The summed E-state index contributed by atoms with van der Waals surface area (Å²) >= 11 is 2.64. The van der Waals surface area contributed by atoms with E-state index in [2.05, 4.69) is 30.6 Å². The molecule has 4 aromatic rings. The van der Waals surface area contributed by atoms with Gasteiger partial charge in [0.15, 0.2) is 11.0 Å². The quantitative estimate of drug-likeness (QED) is 0.344. The van der Waals surface area contributed by atoms with Gasteiger partial charge in [-0.1, -0.05) is 16.9 Å². The molecule has 0 unspecified atom stereocenters. The first-order valence-electron chi connectivity index (χ1n) is 8.99. The number of pyridine rings is 1. The third-order valence-corrected chi connectivity index (χ3v) is 5.62. The number of carbonyl (C=O) groups is 1. The molecule has 0 aliphatic rings. The van der Waals surface area contributed by atoms with Crippen molar-refractivity contribution in [1.82, 2.24) is 25.3 Å². The largest absolute Gasteiger partial charge is 0.491 e. The number of ether oxygens (including phenoxy) is 1. The summed E-state index contributed by atoms with van der Waals surface area (Å²) in [7, 11) is 0. The average molecular weight is 457 g/mol. The summed E-state index contributed by atoms with van der Waals surface area (Å²) in [6, 6.07) is 12.5. The summed E-state index contributed by atoms with van der Waals surface area (Å²) in [5.74, 6) is 0.528. The minimum Gasteiger partial charge on any atom is -0.491 e. The maximum atomic E-state index is 12.9. The van der Waals surface area contributed by atoms with E-state index >= 15 is 0 Å². The molecule has 0 radical (unpaired) electrons. The van der Waals surface area contributed by atoms with Gasteiger partial charge in [0.1, 0.15) is 35.7 Å². The van der Waals surface area contributed by atoms with Crippen LogP contribution in [-0.4, -0.2) is 49.5 Å². The summed E-state index contributed by atoms with van der Waals surface area (Å²) in [4.78, 5) is 21.8. The zero-order valence-electron chi connectivity index (χ0n) is 15.9. The van der Waals surface area contributed by atoms with Gasteiger partial charge in [-0.3, -0.25) is 4.79 Å². The second kappa shape index (κ2) is 10.1. The highest BCUT2D eigenvalue weighted by Gasteiger charge is 2.18. The van der Waals surface area contributed by atoms with Crippen LogP contribution in [0.2, 0.25) is 0 Å². The fourth-order valence-corrected chi connectivity index (χ4v) is 3.99. The Morgan fingerprint density at radius 3 is 2.74 bits per heavy atom. The molecule has 0 saturated heterocycles. The zero-order valence-corrected chi connectivity index (χ0v) is 17.5. The Kier molecular flexibility index (Phi) is 6.82. The lowest BCUT2D eigenvalue weighted by molar-refractivity contribution is 0.101. The van der Waals surface area contributed by atoms with Crippen molar-refractivity contribution >= 4 is 35.2 Å². The third-order valence-electron chi connectivity index (χ3n) is 3.73. The van der Waals surface area contributed by atoms with Crippen LogP contribution in [0.3, 0.4) is 0 Å². The second-order valence-electron chi connectivity index (χ2n) is 5.88. The number of aliphatic hydroxyl groups excluding tert-OH is 1. The van der Waals surface area contributed by atoms with E-state index in [0.29, 0.717) is 26.6 Å². The molecule has 158 valence electrons. The number of nitrogens with zero attached hydrogens (tertiary/aromatic N) is 4. The van der Waals surface area contributed by atoms with Crippen LogP contribution in [0, 0.1) is 0 Å². The lowest BCUT2D eigenvalue weighted by Gasteiger charge is -2.10. The normalized spacial score (nSPS) is 10.7. The maximum absolute atomic E-state index is 12.9. The Morgan fingerprint density at radius 1 is 1.16 bits per heavy atom. The molecule has 1 amide bonds. The van der Waals surface area contributed by atoms with Crippen LogP contribution in [0.1, 0.15) is 10.5 Å². The van der Waals surface area contributed by atoms with Gasteiger partial charge in [0.2, 0.25) is 0 Å². The molecular weight excluding hydrogens is 440 g/mol. The lowest BCUT2D eigenvalue weighted by Crippen LogP contribution is -2.15. The van der Waals surface area contributed by atoms with Gasteiger partial charge in [0, 0.05) is 15.9 Å². The Hall–Kier alpha value is -3.35. The van der Waals surface area contributed by atoms with Gasteiger partial charge in [-0.2, -0.15) is 0 Å². The van der Waals surface area contributed by atoms with E-state index in [1.165, 1.54) is 36.1 Å². The molecule has 0 aliphatic heterocycles. The van der Waals surface area contributed by atoms with Crippen LogP contribution < -0.4 is 10.1 Å². The Morgan fingerprint density at radius 2 is 2.03 bits per heavy atom. The zero-order chi connectivity index (χ0) is 21.5. The van der Waals surface area contributed by atoms with Crippen molar-refractivity contribution in [2.75, 3.05) is 18.5 Å². The van der Waals surface area contributed by atoms with Gasteiger partial charge in [-0.25, -0.2) is 4.98 Å². The number of amides is 1. The average Bonchev–Trinajstić information content (AvgIpc) is 3.49. The molecule has 0 atom stereocenters. The number of aromatic amines is 1. The van der Waals surface area contributed by atoms with E-state index in [-0.39, 0.29) is 18.9 Å². The number of nitrogens with one attached hydrogen (secondary N) is 2. The predicted molar refractivity (Wildman–Crippen MR) is 112 cm³/mol. The van der Waals surface area contributed by atoms with Crippen molar-refractivity contribution in [1.29, 1.82) is 0 Å². The molecule has 0 bridgehead atoms. The van der Waals surface area contributed by atoms with E-state index in [9.17, 15) is 4.79 Å². The number of benzene rings is 1. The molecule has 3 N–H and O–H groups in total. The molecule has 1 aromatic carbocycles. The molecule has 0 aliphatic carbocycles. The first kappa shape index (κ1) is 20.9. The van der Waals surface area contributed by atoms with E-state index in [0.717, 1.165) is 4.90 Å². The van der Waals surface area contributed by atoms with E-state index in [4.69, 9.17) is 14.4 Å². The van der Waals surface area contributed by atoms with Gasteiger partial charge >= 0.3 is 0 Å². The summed E-state index contributed by atoms with van der Waals surface area (Å²) in [6.07, 6.45) is 2.84. The van der Waals surface area contributed by atoms with Crippen LogP contribution >= 0.6 is 23.5 Å². The van der Waals surface area contributed by atoms with E-state index in [1.807, 2.05) is 18.2 Å². The molecule has 3 heterocycles. The lowest BCUT2D eigenvalue weighted by atomic mass is 10.3. The number of hydrogen-bond donors (Lipinski definition) is 3. The molecule has 0 fully saturated rings. The van der Waals surface area contributed by atoms with Crippen molar-refractivity contribution < 1.29 is 19.2 Å². The van der Waals surface area contributed by atoms with Gasteiger partial charge in [0.05, 0.1) is 6.61 Å². The number of anilines is 1. The smallest absolute Gasteiger partial charge is 0.276 e. The molecule has 10 nitrogen and oxygen atoms in total. The second-order valence-corrected chi connectivity index (χ2v) is 8.00. The molecule has 0 spiro atoms. The Balaban J connectivity index is 1.58. The first-order valence-corrected chi connectivity index (χ1v) is 10.6. The summed E-state index contributed by atoms with van der Waals surface area (Å²) in [6.45, 7) is 0.178. The number of aromatic nitrogens is 5. The molecule has 4 rings (SSSR count). The van der Waals surface area contributed by atoms with E-state index in [1.54, 1.807) is 24.3 Å². The third kappa shape index (κ3) is 5.63. The van der Waals surface area contributed by atoms with Gasteiger partial charge in [-0.05, 0) is 48.2 Å². The standard InChI is InChI=1S/C19H16N6O4S2/c26-8-10-28-12-1-3-13(4-2-12)30-14-5-6-16(31-19-20-11-21-24-19)23-17(14)18(27)22-15-7-9-29-25-15/h1-7,9,11,26H,8,10H2,(H,20,21,24)(H,22,25,27). The molecule has 0 saturated carbocycles. The molecule has 31 heavy (non-hydrogen) atoms. The minimum atomic E-state index is -0.417. The SMILES string of the molecule is O=C(Nc1ccon1)c1nc(Sc2nnc[nH]2)ccc1Sc1ccc(OCCO)cc1. The minimum absolute atomic E-state index is 0.0510. The van der Waals surface area contributed by atoms with Crippen LogP contribution in [0.15, 0.2) is 79.6 Å². The number of carbonyl (C=O) groups excluding carboxylic acids is 1. The number of rotatable bonds is 9. The Labute approximate surface area is 184 Å². The maximum Gasteiger partial charge on any atom is 0.276 e. The predicted octanol–water partition coefficient (Wildman–Crippen LogP) is 3.11.